The van der Waals surface area contributed by atoms with Gasteiger partial charge in [0.1, 0.15) is 5.75 Å². The van der Waals surface area contributed by atoms with Gasteiger partial charge in [-0.25, -0.2) is 0 Å². The molecule has 3 rings (SSSR count). The highest BCUT2D eigenvalue weighted by Gasteiger charge is 2.15. The van der Waals surface area contributed by atoms with Crippen molar-refractivity contribution in [2.75, 3.05) is 6.61 Å². The molecule has 3 heteroatoms. The number of ether oxygens (including phenoxy) is 1. The van der Waals surface area contributed by atoms with Gasteiger partial charge in [0.05, 0.1) is 13.0 Å². The molecule has 0 aliphatic rings. The highest BCUT2D eigenvalue weighted by molar-refractivity contribution is 6.13. The summed E-state index contributed by atoms with van der Waals surface area (Å²) in [7, 11) is 0. The van der Waals surface area contributed by atoms with E-state index in [9.17, 15) is 9.59 Å². The molecule has 0 saturated carbocycles. The number of unbranched alkanes of at least 4 members (excludes halogenated alkanes) is 18. The molecule has 0 aliphatic heterocycles. The fourth-order valence-electron chi connectivity index (χ4n) is 6.42. The minimum atomic E-state index is -0.175. The summed E-state index contributed by atoms with van der Waals surface area (Å²) in [6.45, 7) is 5.19. The summed E-state index contributed by atoms with van der Waals surface area (Å²) in [6.07, 6.45) is 27.5. The summed E-state index contributed by atoms with van der Waals surface area (Å²) in [5.74, 6) is 0.365. The van der Waals surface area contributed by atoms with Crippen LogP contribution in [0.2, 0.25) is 0 Å². The van der Waals surface area contributed by atoms with Gasteiger partial charge in [-0.3, -0.25) is 9.59 Å². The third-order valence-electron chi connectivity index (χ3n) is 9.56. The third kappa shape index (κ3) is 16.3. The topological polar surface area (TPSA) is 43.4 Å². The molecule has 0 N–H and O–H groups in total. The minimum Gasteiger partial charge on any atom is -0.494 e. The van der Waals surface area contributed by atoms with Crippen molar-refractivity contribution in [2.24, 2.45) is 0 Å². The molecule has 0 aliphatic carbocycles. The number of hydrogen-bond acceptors (Lipinski definition) is 3. The third-order valence-corrected chi connectivity index (χ3v) is 9.56. The van der Waals surface area contributed by atoms with Gasteiger partial charge in [0, 0.05) is 11.1 Å². The number of rotatable bonds is 28. The number of Topliss-reactive ketones (excluding diaryl/α,β-unsaturated/α-hetero) is 2. The van der Waals surface area contributed by atoms with E-state index in [-0.39, 0.29) is 18.0 Å². The average Bonchev–Trinajstić information content (AvgIpc) is 3.12. The molecule has 0 amide bonds. The molecule has 0 heterocycles. The van der Waals surface area contributed by atoms with Gasteiger partial charge in [-0.2, -0.15) is 0 Å². The molecule has 3 nitrogen and oxygen atoms in total. The van der Waals surface area contributed by atoms with Crippen LogP contribution in [0.25, 0.3) is 11.1 Å². The van der Waals surface area contributed by atoms with Crippen LogP contribution in [0.15, 0.2) is 72.8 Å². The lowest BCUT2D eigenvalue weighted by Crippen LogP contribution is -2.09. The Morgan fingerprint density at radius 2 is 0.938 bits per heavy atom. The Morgan fingerprint density at radius 3 is 1.48 bits per heavy atom. The van der Waals surface area contributed by atoms with Gasteiger partial charge in [0.15, 0.2) is 11.6 Å². The van der Waals surface area contributed by atoms with Crippen LogP contribution >= 0.6 is 0 Å². The van der Waals surface area contributed by atoms with Gasteiger partial charge in [-0.15, -0.1) is 0 Å². The summed E-state index contributed by atoms with van der Waals surface area (Å²) in [4.78, 5) is 25.9. The fourth-order valence-corrected chi connectivity index (χ4v) is 6.42. The molecule has 3 aromatic carbocycles. The number of ketones is 2. The van der Waals surface area contributed by atoms with Crippen molar-refractivity contribution in [3.63, 3.8) is 0 Å². The Bertz CT molecular complexity index is 1270. The van der Waals surface area contributed by atoms with E-state index in [1.165, 1.54) is 128 Å². The van der Waals surface area contributed by atoms with E-state index in [0.717, 1.165) is 24.0 Å². The highest BCUT2D eigenvalue weighted by Crippen LogP contribution is 2.23. The normalized spacial score (nSPS) is 11.1. The summed E-state index contributed by atoms with van der Waals surface area (Å²) in [6, 6.07) is 23.7. The summed E-state index contributed by atoms with van der Waals surface area (Å²) in [5.41, 5.74) is 4.70. The van der Waals surface area contributed by atoms with Crippen LogP contribution in [-0.2, 0) is 6.42 Å². The molecular formula is C45H64O3. The first-order valence-corrected chi connectivity index (χ1v) is 19.6. The van der Waals surface area contributed by atoms with Crippen molar-refractivity contribution in [3.05, 3.63) is 89.5 Å². The Morgan fingerprint density at radius 1 is 0.479 bits per heavy atom. The first kappa shape index (κ1) is 39.2. The van der Waals surface area contributed by atoms with Crippen LogP contribution in [0, 0.1) is 0 Å². The van der Waals surface area contributed by atoms with Crippen molar-refractivity contribution >= 4 is 11.6 Å². The molecule has 0 atom stereocenters. The van der Waals surface area contributed by atoms with Crippen molar-refractivity contribution in [1.82, 2.24) is 0 Å². The molecular weight excluding hydrogens is 588 g/mol. The maximum Gasteiger partial charge on any atom is 0.170 e. The SMILES string of the molecule is CCCCCCCCCCCCOc1cccc(C(=O)CC(=O)c2ccc(-c3ccc(CCCCCCCCCCCC)cc3)cc2)c1. The van der Waals surface area contributed by atoms with E-state index in [0.29, 0.717) is 23.5 Å². The summed E-state index contributed by atoms with van der Waals surface area (Å²) >= 11 is 0. The predicted molar refractivity (Wildman–Crippen MR) is 204 cm³/mol. The zero-order valence-electron chi connectivity index (χ0n) is 30.4. The standard InChI is InChI=1S/C45H64O3/c1-3-5-7-9-11-13-15-17-19-21-24-38-27-29-39(30-28-38)40-31-33-41(34-32-40)44(46)37-45(47)42-25-23-26-43(36-42)48-35-22-20-18-16-14-12-10-8-6-4-2/h23,25-34,36H,3-22,24,35,37H2,1-2H3. The van der Waals surface area contributed by atoms with E-state index in [2.05, 4.69) is 38.1 Å². The van der Waals surface area contributed by atoms with Crippen molar-refractivity contribution in [2.45, 2.75) is 155 Å². The van der Waals surface area contributed by atoms with Crippen LogP contribution in [0.1, 0.15) is 175 Å². The maximum atomic E-state index is 13.0. The van der Waals surface area contributed by atoms with Crippen LogP contribution < -0.4 is 4.74 Å². The fraction of sp³-hybridized carbons (Fsp3) is 0.556. The van der Waals surface area contributed by atoms with Crippen molar-refractivity contribution in [1.29, 1.82) is 0 Å². The second-order valence-electron chi connectivity index (χ2n) is 13.8. The lowest BCUT2D eigenvalue weighted by molar-refractivity contribution is 0.0894. The Kier molecular flexibility index (Phi) is 20.3. The maximum absolute atomic E-state index is 13.0. The van der Waals surface area contributed by atoms with Crippen LogP contribution in [0.3, 0.4) is 0 Å². The smallest absolute Gasteiger partial charge is 0.170 e. The lowest BCUT2D eigenvalue weighted by Gasteiger charge is -2.08. The molecule has 0 spiro atoms. The zero-order valence-corrected chi connectivity index (χ0v) is 30.4. The van der Waals surface area contributed by atoms with Gasteiger partial charge >= 0.3 is 0 Å². The Balaban J connectivity index is 1.33. The summed E-state index contributed by atoms with van der Waals surface area (Å²) in [5, 5.41) is 0. The molecule has 0 unspecified atom stereocenters. The largest absolute Gasteiger partial charge is 0.494 e. The van der Waals surface area contributed by atoms with Crippen LogP contribution in [0.5, 0.6) is 5.75 Å². The van der Waals surface area contributed by atoms with Crippen molar-refractivity contribution in [3.8, 4) is 16.9 Å². The highest BCUT2D eigenvalue weighted by atomic mass is 16.5. The molecule has 0 aromatic heterocycles. The van der Waals surface area contributed by atoms with Crippen LogP contribution in [-0.4, -0.2) is 18.2 Å². The quantitative estimate of drug-likeness (QED) is 0.0445. The number of benzene rings is 3. The van der Waals surface area contributed by atoms with Gasteiger partial charge in [-0.05, 0) is 48.1 Å². The Hall–Kier alpha value is -3.20. The first-order chi connectivity index (χ1) is 23.6. The second-order valence-corrected chi connectivity index (χ2v) is 13.8. The van der Waals surface area contributed by atoms with E-state index >= 15 is 0 Å². The zero-order chi connectivity index (χ0) is 34.1. The minimum absolute atomic E-state index is 0.144. The Labute approximate surface area is 293 Å². The molecule has 48 heavy (non-hydrogen) atoms. The molecule has 0 radical (unpaired) electrons. The lowest BCUT2D eigenvalue weighted by atomic mass is 9.97. The van der Waals surface area contributed by atoms with Crippen molar-refractivity contribution < 1.29 is 14.3 Å². The molecule has 0 fully saturated rings. The van der Waals surface area contributed by atoms with Gasteiger partial charge < -0.3 is 4.74 Å². The van der Waals surface area contributed by atoms with E-state index in [4.69, 9.17) is 4.74 Å². The summed E-state index contributed by atoms with van der Waals surface area (Å²) < 4.78 is 5.93. The van der Waals surface area contributed by atoms with Crippen LogP contribution in [0.4, 0.5) is 0 Å². The van der Waals surface area contributed by atoms with E-state index < -0.39 is 0 Å². The number of aryl methyl sites for hydroxylation is 1. The first-order valence-electron chi connectivity index (χ1n) is 19.6. The number of hydrogen-bond donors (Lipinski definition) is 0. The van der Waals surface area contributed by atoms with Gasteiger partial charge in [-0.1, -0.05) is 190 Å². The average molecular weight is 653 g/mol. The van der Waals surface area contributed by atoms with Gasteiger partial charge in [0.2, 0.25) is 0 Å². The predicted octanol–water partition coefficient (Wildman–Crippen LogP) is 13.6. The number of carbonyl (C=O) groups is 2. The monoisotopic (exact) mass is 652 g/mol. The molecule has 262 valence electrons. The van der Waals surface area contributed by atoms with Gasteiger partial charge in [0.25, 0.3) is 0 Å². The van der Waals surface area contributed by atoms with E-state index in [1.807, 2.05) is 36.4 Å². The molecule has 0 saturated heterocycles. The second kappa shape index (κ2) is 24.9. The van der Waals surface area contributed by atoms with E-state index in [1.54, 1.807) is 12.1 Å². The molecule has 0 bridgehead atoms. The molecule has 3 aromatic rings. The number of carbonyl (C=O) groups excluding carboxylic acids is 2.